The normalized spacial score (nSPS) is 10.6. The van der Waals surface area contributed by atoms with E-state index < -0.39 is 10.0 Å². The van der Waals surface area contributed by atoms with Crippen molar-refractivity contribution < 1.29 is 8.42 Å². The maximum absolute atomic E-state index is 13.4. The highest BCUT2D eigenvalue weighted by Gasteiger charge is 2.27. The molecule has 0 fully saturated rings. The van der Waals surface area contributed by atoms with E-state index in [4.69, 9.17) is 5.26 Å². The molecule has 0 atom stereocenters. The maximum atomic E-state index is 13.4. The van der Waals surface area contributed by atoms with E-state index in [1.807, 2.05) is 6.07 Å². The van der Waals surface area contributed by atoms with Crippen LogP contribution >= 0.6 is 44.3 Å². The molecule has 0 N–H and O–H groups in total. The Bertz CT molecular complexity index is 1100. The Kier molecular flexibility index (Phi) is 7.61. The summed E-state index contributed by atoms with van der Waals surface area (Å²) in [6.07, 6.45) is 3.24. The van der Waals surface area contributed by atoms with Gasteiger partial charge in [0.2, 0.25) is 0 Å². The molecule has 0 bridgehead atoms. The largest absolute Gasteiger partial charge is 0.265 e. The Morgan fingerprint density at radius 1 is 1.00 bits per heavy atom. The van der Waals surface area contributed by atoms with Gasteiger partial charge in [-0.15, -0.1) is 12.4 Å². The predicted octanol–water partition coefficient (Wildman–Crippen LogP) is 5.30. The van der Waals surface area contributed by atoms with Crippen LogP contribution in [0.15, 0.2) is 80.8 Å². The molecule has 1 aromatic heterocycles. The van der Waals surface area contributed by atoms with E-state index in [-0.39, 0.29) is 23.8 Å². The molecule has 0 unspecified atom stereocenters. The molecule has 144 valence electrons. The standard InChI is InChI=1S/C19H13Br2N3O2S.ClH/c20-16-2-4-17(5-3-16)27(25,26)24(13-14-7-9-23-10-8-14)19-6-1-15(12-22)11-18(19)21;/h1-11H,13H2;1H. The van der Waals surface area contributed by atoms with Crippen molar-refractivity contribution in [3.05, 3.63) is 87.1 Å². The van der Waals surface area contributed by atoms with Gasteiger partial charge in [0.25, 0.3) is 10.0 Å². The van der Waals surface area contributed by atoms with Crippen LogP contribution in [0.2, 0.25) is 0 Å². The molecular formula is C19H14Br2ClN3O2S. The van der Waals surface area contributed by atoms with Crippen LogP contribution in [0, 0.1) is 11.3 Å². The number of pyridine rings is 1. The minimum Gasteiger partial charge on any atom is -0.265 e. The highest BCUT2D eigenvalue weighted by molar-refractivity contribution is 9.10. The van der Waals surface area contributed by atoms with Gasteiger partial charge in [0.05, 0.1) is 28.8 Å². The predicted molar refractivity (Wildman–Crippen MR) is 118 cm³/mol. The topological polar surface area (TPSA) is 74.1 Å². The number of hydrogen-bond acceptors (Lipinski definition) is 4. The number of rotatable bonds is 5. The van der Waals surface area contributed by atoms with Crippen LogP contribution in [0.1, 0.15) is 11.1 Å². The van der Waals surface area contributed by atoms with Gasteiger partial charge < -0.3 is 0 Å². The van der Waals surface area contributed by atoms with Crippen molar-refractivity contribution >= 4 is 60.0 Å². The number of anilines is 1. The fourth-order valence-corrected chi connectivity index (χ4v) is 4.91. The van der Waals surface area contributed by atoms with Gasteiger partial charge in [-0.3, -0.25) is 9.29 Å². The van der Waals surface area contributed by atoms with Gasteiger partial charge in [0.15, 0.2) is 0 Å². The van der Waals surface area contributed by atoms with Crippen molar-refractivity contribution in [3.63, 3.8) is 0 Å². The molecule has 0 aliphatic rings. The van der Waals surface area contributed by atoms with Crippen molar-refractivity contribution in [2.45, 2.75) is 11.4 Å². The number of nitrogens with zero attached hydrogens (tertiary/aromatic N) is 3. The van der Waals surface area contributed by atoms with E-state index in [2.05, 4.69) is 36.8 Å². The molecule has 0 radical (unpaired) electrons. The minimum atomic E-state index is -3.83. The summed E-state index contributed by atoms with van der Waals surface area (Å²) in [6, 6.07) is 16.9. The van der Waals surface area contributed by atoms with E-state index >= 15 is 0 Å². The zero-order valence-electron chi connectivity index (χ0n) is 14.3. The van der Waals surface area contributed by atoms with Crippen LogP contribution in [-0.4, -0.2) is 13.4 Å². The number of benzene rings is 2. The van der Waals surface area contributed by atoms with E-state index in [9.17, 15) is 8.42 Å². The molecule has 0 aliphatic carbocycles. The van der Waals surface area contributed by atoms with Gasteiger partial charge in [0, 0.05) is 21.3 Å². The Morgan fingerprint density at radius 3 is 2.21 bits per heavy atom. The first kappa shape index (κ1) is 22.4. The molecule has 2 aromatic carbocycles. The first-order chi connectivity index (χ1) is 12.9. The smallest absolute Gasteiger partial charge is 0.264 e. The first-order valence-electron chi connectivity index (χ1n) is 7.78. The summed E-state index contributed by atoms with van der Waals surface area (Å²) < 4.78 is 29.4. The van der Waals surface area contributed by atoms with Gasteiger partial charge in [-0.1, -0.05) is 15.9 Å². The number of aromatic nitrogens is 1. The lowest BCUT2D eigenvalue weighted by Crippen LogP contribution is -2.31. The van der Waals surface area contributed by atoms with Crippen LogP contribution in [0.4, 0.5) is 5.69 Å². The Hall–Kier alpha value is -1.92. The van der Waals surface area contributed by atoms with E-state index in [0.29, 0.717) is 15.7 Å². The average Bonchev–Trinajstić information content (AvgIpc) is 2.67. The highest BCUT2D eigenvalue weighted by Crippen LogP contribution is 2.33. The van der Waals surface area contributed by atoms with E-state index in [0.717, 1.165) is 10.0 Å². The third kappa shape index (κ3) is 4.92. The quantitative estimate of drug-likeness (QED) is 0.438. The maximum Gasteiger partial charge on any atom is 0.264 e. The zero-order valence-corrected chi connectivity index (χ0v) is 19.1. The molecule has 9 heteroatoms. The van der Waals surface area contributed by atoms with E-state index in [1.165, 1.54) is 4.31 Å². The lowest BCUT2D eigenvalue weighted by molar-refractivity contribution is 0.590. The number of nitriles is 1. The second kappa shape index (κ2) is 9.52. The molecule has 0 amide bonds. The summed E-state index contributed by atoms with van der Waals surface area (Å²) in [4.78, 5) is 4.15. The molecule has 0 spiro atoms. The van der Waals surface area contributed by atoms with Gasteiger partial charge in [0.1, 0.15) is 0 Å². The summed E-state index contributed by atoms with van der Waals surface area (Å²) in [5, 5.41) is 9.08. The molecule has 0 aliphatic heterocycles. The van der Waals surface area contributed by atoms with Gasteiger partial charge in [-0.2, -0.15) is 5.26 Å². The molecule has 28 heavy (non-hydrogen) atoms. The number of hydrogen-bond donors (Lipinski definition) is 0. The second-order valence-electron chi connectivity index (χ2n) is 5.60. The van der Waals surface area contributed by atoms with Crippen LogP contribution < -0.4 is 4.31 Å². The fraction of sp³-hybridized carbons (Fsp3) is 0.0526. The van der Waals surface area contributed by atoms with Gasteiger partial charge >= 0.3 is 0 Å². The third-order valence-electron chi connectivity index (χ3n) is 3.82. The molecule has 3 rings (SSSR count). The molecule has 0 saturated carbocycles. The van der Waals surface area contributed by atoms with Gasteiger partial charge in [-0.25, -0.2) is 8.42 Å². The van der Waals surface area contributed by atoms with Crippen LogP contribution in [0.3, 0.4) is 0 Å². The van der Waals surface area contributed by atoms with Crippen molar-refractivity contribution in [1.82, 2.24) is 4.98 Å². The lowest BCUT2D eigenvalue weighted by atomic mass is 10.2. The summed E-state index contributed by atoms with van der Waals surface area (Å²) >= 11 is 6.72. The summed E-state index contributed by atoms with van der Waals surface area (Å²) in [5.74, 6) is 0. The van der Waals surface area contributed by atoms with Crippen LogP contribution in [0.5, 0.6) is 0 Å². The number of halogens is 3. The van der Waals surface area contributed by atoms with Crippen molar-refractivity contribution in [1.29, 1.82) is 5.26 Å². The minimum absolute atomic E-state index is 0. The fourth-order valence-electron chi connectivity index (χ4n) is 2.47. The molecule has 5 nitrogen and oxygen atoms in total. The van der Waals surface area contributed by atoms with Crippen molar-refractivity contribution in [2.75, 3.05) is 4.31 Å². The SMILES string of the molecule is Cl.N#Cc1ccc(N(Cc2ccncc2)S(=O)(=O)c2ccc(Br)cc2)c(Br)c1. The van der Waals surface area contributed by atoms with E-state index in [1.54, 1.807) is 67.0 Å². The first-order valence-corrected chi connectivity index (χ1v) is 10.8. The number of sulfonamides is 1. The molecule has 3 aromatic rings. The van der Waals surface area contributed by atoms with Crippen LogP contribution in [-0.2, 0) is 16.6 Å². The Morgan fingerprint density at radius 2 is 1.64 bits per heavy atom. The van der Waals surface area contributed by atoms with Gasteiger partial charge in [-0.05, 0) is 76.1 Å². The molecular weight excluding hydrogens is 530 g/mol. The molecule has 0 saturated heterocycles. The Labute approximate surface area is 186 Å². The zero-order chi connectivity index (χ0) is 19.4. The third-order valence-corrected chi connectivity index (χ3v) is 6.76. The highest BCUT2D eigenvalue weighted by atomic mass is 79.9. The van der Waals surface area contributed by atoms with Crippen molar-refractivity contribution in [2.24, 2.45) is 0 Å². The monoisotopic (exact) mass is 541 g/mol. The Balaban J connectivity index is 0.00000280. The van der Waals surface area contributed by atoms with Crippen molar-refractivity contribution in [3.8, 4) is 6.07 Å². The van der Waals surface area contributed by atoms with Crippen LogP contribution in [0.25, 0.3) is 0 Å². The summed E-state index contributed by atoms with van der Waals surface area (Å²) in [6.45, 7) is 0.130. The second-order valence-corrected chi connectivity index (χ2v) is 9.23. The molecule has 1 heterocycles. The average molecular weight is 544 g/mol. The lowest BCUT2D eigenvalue weighted by Gasteiger charge is -2.26. The summed E-state index contributed by atoms with van der Waals surface area (Å²) in [7, 11) is -3.83. The summed E-state index contributed by atoms with van der Waals surface area (Å²) in [5.41, 5.74) is 1.69.